The van der Waals surface area contributed by atoms with E-state index in [1.807, 2.05) is 51.1 Å². The molecule has 0 aliphatic carbocycles. The first-order valence-corrected chi connectivity index (χ1v) is 7.63. The molecule has 1 aromatic carbocycles. The van der Waals surface area contributed by atoms with Crippen LogP contribution in [0.15, 0.2) is 30.3 Å². The van der Waals surface area contributed by atoms with Gasteiger partial charge < -0.3 is 19.5 Å². The number of carbonyl (C=O) groups is 1. The number of amides is 1. The Labute approximate surface area is 131 Å². The first-order chi connectivity index (χ1) is 10.4. The number of carbonyl (C=O) groups excluding carboxylic acids is 1. The first kappa shape index (κ1) is 16.8. The van der Waals surface area contributed by atoms with Gasteiger partial charge >= 0.3 is 6.09 Å². The topological polar surface area (TPSA) is 59.0 Å². The molecule has 0 radical (unpaired) electrons. The lowest BCUT2D eigenvalue weighted by atomic mass is 9.90. The Balaban J connectivity index is 1.76. The van der Waals surface area contributed by atoms with E-state index in [-0.39, 0.29) is 24.7 Å². The number of nitrogens with zero attached hydrogens (tertiary/aromatic N) is 1. The molecule has 0 bridgehead atoms. The van der Waals surface area contributed by atoms with Gasteiger partial charge in [-0.1, -0.05) is 30.3 Å². The van der Waals surface area contributed by atoms with Crippen LogP contribution in [0.2, 0.25) is 0 Å². The van der Waals surface area contributed by atoms with Crippen molar-refractivity contribution in [3.63, 3.8) is 0 Å². The number of aliphatic hydroxyl groups is 1. The predicted octanol–water partition coefficient (Wildman–Crippen LogP) is 2.43. The van der Waals surface area contributed by atoms with E-state index < -0.39 is 5.60 Å². The molecule has 1 aliphatic heterocycles. The van der Waals surface area contributed by atoms with Crippen LogP contribution in [0, 0.1) is 5.92 Å². The van der Waals surface area contributed by atoms with Crippen molar-refractivity contribution in [2.24, 2.45) is 5.92 Å². The van der Waals surface area contributed by atoms with Crippen LogP contribution in [0.4, 0.5) is 4.79 Å². The lowest BCUT2D eigenvalue weighted by Gasteiger charge is -2.46. The van der Waals surface area contributed by atoms with Crippen LogP contribution in [-0.4, -0.2) is 47.5 Å². The third-order valence-electron chi connectivity index (χ3n) is 3.63. The normalized spacial score (nSPS) is 21.4. The minimum Gasteiger partial charge on any atom is -0.444 e. The minimum atomic E-state index is -0.522. The first-order valence-electron chi connectivity index (χ1n) is 7.63. The van der Waals surface area contributed by atoms with E-state index in [2.05, 4.69) is 0 Å². The molecule has 5 heteroatoms. The lowest BCUT2D eigenvalue weighted by Crippen LogP contribution is -2.62. The summed E-state index contributed by atoms with van der Waals surface area (Å²) in [5, 5.41) is 9.49. The second kappa shape index (κ2) is 7.11. The van der Waals surface area contributed by atoms with Crippen LogP contribution in [0.1, 0.15) is 26.3 Å². The van der Waals surface area contributed by atoms with Crippen LogP contribution in [0.3, 0.4) is 0 Å². The fraction of sp³-hybridized carbons (Fsp3) is 0.588. The molecule has 1 aliphatic rings. The maximum absolute atomic E-state index is 12.0. The standard InChI is InChI=1S/C17H25NO4/c1-17(2,3)22-16(20)18-9-14(15(18)10-19)12-21-11-13-7-5-4-6-8-13/h4-8,14-15,19H,9-12H2,1-3H3/t14-,15+/m0/s1. The number of rotatable bonds is 5. The maximum Gasteiger partial charge on any atom is 0.410 e. The zero-order chi connectivity index (χ0) is 16.2. The summed E-state index contributed by atoms with van der Waals surface area (Å²) in [4.78, 5) is 13.6. The molecule has 2 atom stereocenters. The molecule has 1 amide bonds. The highest BCUT2D eigenvalue weighted by atomic mass is 16.6. The number of benzene rings is 1. The highest BCUT2D eigenvalue weighted by Gasteiger charge is 2.43. The van der Waals surface area contributed by atoms with Crippen molar-refractivity contribution >= 4 is 6.09 Å². The maximum atomic E-state index is 12.0. The van der Waals surface area contributed by atoms with E-state index in [0.29, 0.717) is 19.8 Å². The van der Waals surface area contributed by atoms with Crippen molar-refractivity contribution in [3.8, 4) is 0 Å². The zero-order valence-corrected chi connectivity index (χ0v) is 13.5. The van der Waals surface area contributed by atoms with E-state index in [1.54, 1.807) is 4.90 Å². The van der Waals surface area contributed by atoms with Gasteiger partial charge in [-0.2, -0.15) is 0 Å². The van der Waals surface area contributed by atoms with E-state index in [9.17, 15) is 9.90 Å². The summed E-state index contributed by atoms with van der Waals surface area (Å²) >= 11 is 0. The molecule has 1 fully saturated rings. The molecule has 1 aromatic rings. The van der Waals surface area contributed by atoms with Gasteiger partial charge in [0.05, 0.1) is 25.9 Å². The number of hydrogen-bond donors (Lipinski definition) is 1. The van der Waals surface area contributed by atoms with Gasteiger partial charge in [0, 0.05) is 12.5 Å². The molecule has 22 heavy (non-hydrogen) atoms. The zero-order valence-electron chi connectivity index (χ0n) is 13.5. The number of aliphatic hydroxyl groups excluding tert-OH is 1. The summed E-state index contributed by atoms with van der Waals surface area (Å²) in [7, 11) is 0. The number of likely N-dealkylation sites (tertiary alicyclic amines) is 1. The van der Waals surface area contributed by atoms with Gasteiger partial charge in [-0.25, -0.2) is 4.79 Å². The fourth-order valence-electron chi connectivity index (χ4n) is 2.47. The van der Waals surface area contributed by atoms with Gasteiger partial charge in [-0.3, -0.25) is 0 Å². The van der Waals surface area contributed by atoms with E-state index in [4.69, 9.17) is 9.47 Å². The second-order valence-corrected chi connectivity index (χ2v) is 6.64. The predicted molar refractivity (Wildman–Crippen MR) is 83.4 cm³/mol. The van der Waals surface area contributed by atoms with Gasteiger partial charge in [-0.05, 0) is 26.3 Å². The number of ether oxygens (including phenoxy) is 2. The second-order valence-electron chi connectivity index (χ2n) is 6.64. The molecular weight excluding hydrogens is 282 g/mol. The molecule has 1 saturated heterocycles. The molecule has 0 spiro atoms. The Kier molecular flexibility index (Phi) is 5.42. The lowest BCUT2D eigenvalue weighted by molar-refractivity contribution is -0.0717. The van der Waals surface area contributed by atoms with Gasteiger partial charge in [-0.15, -0.1) is 0 Å². The Bertz CT molecular complexity index is 483. The molecular formula is C17H25NO4. The third-order valence-corrected chi connectivity index (χ3v) is 3.63. The van der Waals surface area contributed by atoms with Gasteiger partial charge in [0.2, 0.25) is 0 Å². The monoisotopic (exact) mass is 307 g/mol. The van der Waals surface area contributed by atoms with E-state index in [0.717, 1.165) is 5.56 Å². The molecule has 5 nitrogen and oxygen atoms in total. The summed E-state index contributed by atoms with van der Waals surface area (Å²) in [6.07, 6.45) is -0.370. The number of hydrogen-bond acceptors (Lipinski definition) is 4. The summed E-state index contributed by atoms with van der Waals surface area (Å²) in [5.74, 6) is 0.154. The van der Waals surface area contributed by atoms with Crippen LogP contribution in [0.5, 0.6) is 0 Å². The van der Waals surface area contributed by atoms with E-state index in [1.165, 1.54) is 0 Å². The molecule has 0 unspecified atom stereocenters. The van der Waals surface area contributed by atoms with Crippen molar-refractivity contribution in [1.82, 2.24) is 4.90 Å². The van der Waals surface area contributed by atoms with E-state index >= 15 is 0 Å². The molecule has 1 heterocycles. The Hall–Kier alpha value is -1.59. The third kappa shape index (κ3) is 4.45. The highest BCUT2D eigenvalue weighted by Crippen LogP contribution is 2.27. The van der Waals surface area contributed by atoms with Crippen molar-refractivity contribution in [2.75, 3.05) is 19.8 Å². The summed E-state index contributed by atoms with van der Waals surface area (Å²) in [5.41, 5.74) is 0.595. The largest absolute Gasteiger partial charge is 0.444 e. The molecule has 2 rings (SSSR count). The Morgan fingerprint density at radius 2 is 2.00 bits per heavy atom. The molecule has 122 valence electrons. The average molecular weight is 307 g/mol. The van der Waals surface area contributed by atoms with Crippen LogP contribution in [-0.2, 0) is 16.1 Å². The quantitative estimate of drug-likeness (QED) is 0.907. The van der Waals surface area contributed by atoms with Crippen molar-refractivity contribution in [3.05, 3.63) is 35.9 Å². The summed E-state index contributed by atoms with van der Waals surface area (Å²) in [6.45, 7) is 7.06. The van der Waals surface area contributed by atoms with Crippen molar-refractivity contribution in [1.29, 1.82) is 0 Å². The van der Waals surface area contributed by atoms with Gasteiger partial charge in [0.25, 0.3) is 0 Å². The fourth-order valence-corrected chi connectivity index (χ4v) is 2.47. The molecule has 0 aromatic heterocycles. The van der Waals surface area contributed by atoms with Gasteiger partial charge in [0.15, 0.2) is 0 Å². The smallest absolute Gasteiger partial charge is 0.410 e. The highest BCUT2D eigenvalue weighted by molar-refractivity contribution is 5.69. The molecule has 1 N–H and O–H groups in total. The summed E-state index contributed by atoms with van der Waals surface area (Å²) in [6, 6.07) is 9.72. The van der Waals surface area contributed by atoms with Crippen molar-refractivity contribution < 1.29 is 19.4 Å². The SMILES string of the molecule is CC(C)(C)OC(=O)N1C[C@@H](COCc2ccccc2)[C@H]1CO. The van der Waals surface area contributed by atoms with Crippen molar-refractivity contribution in [2.45, 2.75) is 39.0 Å². The van der Waals surface area contributed by atoms with Crippen LogP contribution >= 0.6 is 0 Å². The average Bonchev–Trinajstić information content (AvgIpc) is 2.41. The Morgan fingerprint density at radius 3 is 2.59 bits per heavy atom. The van der Waals surface area contributed by atoms with Crippen LogP contribution < -0.4 is 0 Å². The minimum absolute atomic E-state index is 0.0708. The molecule has 0 saturated carbocycles. The summed E-state index contributed by atoms with van der Waals surface area (Å²) < 4.78 is 11.0. The van der Waals surface area contributed by atoms with Crippen LogP contribution in [0.25, 0.3) is 0 Å². The van der Waals surface area contributed by atoms with Gasteiger partial charge in [0.1, 0.15) is 5.60 Å². The Morgan fingerprint density at radius 1 is 1.32 bits per heavy atom.